The summed E-state index contributed by atoms with van der Waals surface area (Å²) in [5, 5.41) is 8.99. The van der Waals surface area contributed by atoms with Crippen LogP contribution in [0.1, 0.15) is 46.0 Å². The molecule has 1 rings (SSSR count). The first-order chi connectivity index (χ1) is 8.06. The Morgan fingerprint density at radius 1 is 1.24 bits per heavy atom. The topological polar surface area (TPSA) is 57.6 Å². The molecule has 0 bridgehead atoms. The number of amides is 1. The maximum Gasteiger partial charge on any atom is 0.308 e. The van der Waals surface area contributed by atoms with Crippen LogP contribution in [0.15, 0.2) is 0 Å². The molecule has 0 unspecified atom stereocenters. The zero-order chi connectivity index (χ0) is 12.8. The number of hydrogen-bond donors (Lipinski definition) is 1. The molecule has 0 radical (unpaired) electrons. The normalized spacial score (nSPS) is 24.0. The number of rotatable bonds is 6. The molecule has 0 aromatic rings. The molecular weight excluding hydrogens is 218 g/mol. The molecule has 4 nitrogen and oxygen atoms in total. The van der Waals surface area contributed by atoms with Gasteiger partial charge in [-0.3, -0.25) is 9.59 Å². The van der Waals surface area contributed by atoms with Crippen molar-refractivity contribution in [3.05, 3.63) is 0 Å². The molecular formula is C13H23NO3. The second kappa shape index (κ2) is 6.62. The van der Waals surface area contributed by atoms with Crippen LogP contribution >= 0.6 is 0 Å². The second-order valence-electron chi connectivity index (χ2n) is 5.03. The minimum atomic E-state index is -0.779. The summed E-state index contributed by atoms with van der Waals surface area (Å²) in [5.74, 6) is -0.961. The third kappa shape index (κ3) is 4.02. The molecule has 1 amide bonds. The van der Waals surface area contributed by atoms with E-state index in [4.69, 9.17) is 5.11 Å². The molecule has 1 saturated heterocycles. The zero-order valence-electron chi connectivity index (χ0n) is 10.8. The monoisotopic (exact) mass is 241 g/mol. The minimum absolute atomic E-state index is 0.0760. The lowest BCUT2D eigenvalue weighted by molar-refractivity contribution is -0.142. The molecule has 0 saturated carbocycles. The number of nitrogens with zero attached hydrogens (tertiary/aromatic N) is 1. The van der Waals surface area contributed by atoms with Gasteiger partial charge in [0.1, 0.15) is 0 Å². The molecule has 0 aliphatic carbocycles. The molecule has 1 heterocycles. The van der Waals surface area contributed by atoms with E-state index in [1.165, 1.54) is 6.42 Å². The molecule has 1 aliphatic rings. The second-order valence-corrected chi connectivity index (χ2v) is 5.03. The Morgan fingerprint density at radius 3 is 2.47 bits per heavy atom. The van der Waals surface area contributed by atoms with E-state index in [9.17, 15) is 9.59 Å². The molecule has 4 heteroatoms. The van der Waals surface area contributed by atoms with E-state index in [0.717, 1.165) is 19.3 Å². The van der Waals surface area contributed by atoms with Gasteiger partial charge in [0.15, 0.2) is 0 Å². The van der Waals surface area contributed by atoms with Crippen LogP contribution in [-0.4, -0.2) is 35.0 Å². The molecule has 17 heavy (non-hydrogen) atoms. The van der Waals surface area contributed by atoms with Gasteiger partial charge in [-0.25, -0.2) is 0 Å². The summed E-state index contributed by atoms with van der Waals surface area (Å²) in [7, 11) is 0. The van der Waals surface area contributed by atoms with Crippen LogP contribution in [0.5, 0.6) is 0 Å². The van der Waals surface area contributed by atoms with Crippen LogP contribution in [0.3, 0.4) is 0 Å². The van der Waals surface area contributed by atoms with Crippen LogP contribution in [0.4, 0.5) is 0 Å². The molecule has 98 valence electrons. The Morgan fingerprint density at radius 2 is 1.94 bits per heavy atom. The minimum Gasteiger partial charge on any atom is -0.481 e. The van der Waals surface area contributed by atoms with Crippen molar-refractivity contribution >= 4 is 11.9 Å². The molecule has 1 N–H and O–H groups in total. The highest BCUT2D eigenvalue weighted by molar-refractivity contribution is 5.78. The summed E-state index contributed by atoms with van der Waals surface area (Å²) in [5.41, 5.74) is 0. The number of carbonyl (C=O) groups excluding carboxylic acids is 1. The predicted molar refractivity (Wildman–Crippen MR) is 65.6 cm³/mol. The van der Waals surface area contributed by atoms with Gasteiger partial charge >= 0.3 is 5.97 Å². The van der Waals surface area contributed by atoms with Crippen LogP contribution in [0.25, 0.3) is 0 Å². The Balaban J connectivity index is 2.32. The lowest BCUT2D eigenvalue weighted by Gasteiger charge is -2.15. The van der Waals surface area contributed by atoms with Crippen molar-refractivity contribution in [2.24, 2.45) is 11.8 Å². The number of carboxylic acids is 1. The first-order valence-electron chi connectivity index (χ1n) is 6.56. The summed E-state index contributed by atoms with van der Waals surface area (Å²) in [4.78, 5) is 24.5. The molecule has 1 fully saturated rings. The fourth-order valence-electron chi connectivity index (χ4n) is 2.35. The van der Waals surface area contributed by atoms with Crippen molar-refractivity contribution in [2.45, 2.75) is 46.0 Å². The SMILES string of the molecule is CCCCCCC(=O)N1C[C@@H](C)[C@H](C(=O)O)C1. The van der Waals surface area contributed by atoms with Gasteiger partial charge in [-0.2, -0.15) is 0 Å². The van der Waals surface area contributed by atoms with E-state index in [2.05, 4.69) is 6.92 Å². The number of carboxylic acid groups (broad SMARTS) is 1. The average Bonchev–Trinajstić information content (AvgIpc) is 2.66. The van der Waals surface area contributed by atoms with Gasteiger partial charge in [-0.1, -0.05) is 33.1 Å². The first-order valence-corrected chi connectivity index (χ1v) is 6.56. The molecule has 1 aliphatic heterocycles. The summed E-state index contributed by atoms with van der Waals surface area (Å²) < 4.78 is 0. The number of aliphatic carboxylic acids is 1. The third-order valence-electron chi connectivity index (χ3n) is 3.53. The smallest absolute Gasteiger partial charge is 0.308 e. The largest absolute Gasteiger partial charge is 0.481 e. The van der Waals surface area contributed by atoms with Crippen LogP contribution in [0.2, 0.25) is 0 Å². The standard InChI is InChI=1S/C13H23NO3/c1-3-4-5-6-7-12(15)14-8-10(2)11(9-14)13(16)17/h10-11H,3-9H2,1-2H3,(H,16,17)/t10-,11-/m1/s1. The first kappa shape index (κ1) is 14.0. The van der Waals surface area contributed by atoms with Gasteiger partial charge < -0.3 is 10.0 Å². The highest BCUT2D eigenvalue weighted by Gasteiger charge is 2.36. The quantitative estimate of drug-likeness (QED) is 0.725. The number of carbonyl (C=O) groups is 2. The Labute approximate surface area is 103 Å². The van der Waals surface area contributed by atoms with Crippen molar-refractivity contribution in [1.82, 2.24) is 4.90 Å². The van der Waals surface area contributed by atoms with Crippen LogP contribution in [-0.2, 0) is 9.59 Å². The maximum absolute atomic E-state index is 11.9. The van der Waals surface area contributed by atoms with E-state index in [-0.39, 0.29) is 17.7 Å². The Kier molecular flexibility index (Phi) is 5.45. The summed E-state index contributed by atoms with van der Waals surface area (Å²) in [6, 6.07) is 0. The number of unbranched alkanes of at least 4 members (excludes halogenated alkanes) is 3. The van der Waals surface area contributed by atoms with E-state index >= 15 is 0 Å². The highest BCUT2D eigenvalue weighted by Crippen LogP contribution is 2.24. The highest BCUT2D eigenvalue weighted by atomic mass is 16.4. The van der Waals surface area contributed by atoms with E-state index in [0.29, 0.717) is 19.5 Å². The van der Waals surface area contributed by atoms with E-state index in [1.807, 2.05) is 6.92 Å². The van der Waals surface area contributed by atoms with Crippen molar-refractivity contribution in [2.75, 3.05) is 13.1 Å². The van der Waals surface area contributed by atoms with Gasteiger partial charge in [-0.15, -0.1) is 0 Å². The fraction of sp³-hybridized carbons (Fsp3) is 0.846. The summed E-state index contributed by atoms with van der Waals surface area (Å²) in [6.07, 6.45) is 4.92. The Bertz CT molecular complexity index is 278. The predicted octanol–water partition coefficient (Wildman–Crippen LogP) is 2.14. The van der Waals surface area contributed by atoms with Crippen LogP contribution in [0, 0.1) is 11.8 Å². The molecule has 0 aromatic heterocycles. The molecule has 0 aromatic carbocycles. The van der Waals surface area contributed by atoms with Crippen molar-refractivity contribution < 1.29 is 14.7 Å². The van der Waals surface area contributed by atoms with Crippen molar-refractivity contribution in [3.8, 4) is 0 Å². The van der Waals surface area contributed by atoms with Gasteiger partial charge in [0.2, 0.25) is 5.91 Å². The van der Waals surface area contributed by atoms with Gasteiger partial charge in [0.25, 0.3) is 0 Å². The summed E-state index contributed by atoms with van der Waals surface area (Å²) in [6.45, 7) is 5.04. The van der Waals surface area contributed by atoms with E-state index < -0.39 is 5.97 Å². The average molecular weight is 241 g/mol. The Hall–Kier alpha value is -1.06. The zero-order valence-corrected chi connectivity index (χ0v) is 10.8. The lowest BCUT2D eigenvalue weighted by atomic mass is 9.99. The lowest BCUT2D eigenvalue weighted by Crippen LogP contribution is -2.29. The van der Waals surface area contributed by atoms with Gasteiger partial charge in [-0.05, 0) is 12.3 Å². The van der Waals surface area contributed by atoms with Gasteiger partial charge in [0.05, 0.1) is 5.92 Å². The van der Waals surface area contributed by atoms with E-state index in [1.54, 1.807) is 4.90 Å². The maximum atomic E-state index is 11.9. The van der Waals surface area contributed by atoms with Crippen molar-refractivity contribution in [1.29, 1.82) is 0 Å². The summed E-state index contributed by atoms with van der Waals surface area (Å²) >= 11 is 0. The molecule has 0 spiro atoms. The van der Waals surface area contributed by atoms with Gasteiger partial charge in [0, 0.05) is 19.5 Å². The molecule has 2 atom stereocenters. The van der Waals surface area contributed by atoms with Crippen LogP contribution < -0.4 is 0 Å². The number of likely N-dealkylation sites (tertiary alicyclic amines) is 1. The fourth-order valence-corrected chi connectivity index (χ4v) is 2.35. The van der Waals surface area contributed by atoms with Crippen molar-refractivity contribution in [3.63, 3.8) is 0 Å². The number of hydrogen-bond acceptors (Lipinski definition) is 2. The third-order valence-corrected chi connectivity index (χ3v) is 3.53.